The molecule has 4 heteroatoms. The zero-order valence-electron chi connectivity index (χ0n) is 10.1. The van der Waals surface area contributed by atoms with E-state index in [9.17, 15) is 0 Å². The van der Waals surface area contributed by atoms with Gasteiger partial charge in [0.05, 0.1) is 0 Å². The van der Waals surface area contributed by atoms with Gasteiger partial charge >= 0.3 is 0 Å². The Balaban J connectivity index is 2.09. The molecule has 0 atom stereocenters. The summed E-state index contributed by atoms with van der Waals surface area (Å²) in [5, 5.41) is 8.97. The maximum atomic E-state index is 8.97. The molecule has 17 heavy (non-hydrogen) atoms. The van der Waals surface area contributed by atoms with E-state index in [0.717, 1.165) is 35.5 Å². The summed E-state index contributed by atoms with van der Waals surface area (Å²) >= 11 is 0. The van der Waals surface area contributed by atoms with Crippen LogP contribution in [0.2, 0.25) is 0 Å². The minimum atomic E-state index is 0.218. The maximum absolute atomic E-state index is 8.97. The van der Waals surface area contributed by atoms with Crippen LogP contribution in [0.15, 0.2) is 12.3 Å². The highest BCUT2D eigenvalue weighted by Gasteiger charge is 2.29. The Kier molecular flexibility index (Phi) is 2.59. The molecule has 0 radical (unpaired) electrons. The van der Waals surface area contributed by atoms with Crippen molar-refractivity contribution in [3.05, 3.63) is 23.7 Å². The molecule has 1 aliphatic carbocycles. The van der Waals surface area contributed by atoms with Gasteiger partial charge in [-0.2, -0.15) is 0 Å². The van der Waals surface area contributed by atoms with Gasteiger partial charge in [-0.1, -0.05) is 0 Å². The molecule has 0 unspecified atom stereocenters. The Morgan fingerprint density at radius 1 is 1.47 bits per heavy atom. The third kappa shape index (κ3) is 1.93. The highest BCUT2D eigenvalue weighted by molar-refractivity contribution is 5.72. The summed E-state index contributed by atoms with van der Waals surface area (Å²) in [6.07, 6.45) is 5.12. The van der Waals surface area contributed by atoms with Crippen LogP contribution >= 0.6 is 0 Å². The van der Waals surface area contributed by atoms with Gasteiger partial charge < -0.3 is 9.67 Å². The monoisotopic (exact) mass is 231 g/mol. The van der Waals surface area contributed by atoms with Crippen LogP contribution in [0, 0.1) is 6.92 Å². The summed E-state index contributed by atoms with van der Waals surface area (Å²) in [7, 11) is 0. The number of rotatable bonds is 4. The Morgan fingerprint density at radius 2 is 2.29 bits per heavy atom. The maximum Gasteiger partial charge on any atom is 0.160 e. The molecule has 4 nitrogen and oxygen atoms in total. The summed E-state index contributed by atoms with van der Waals surface area (Å²) in [6.45, 7) is 3.07. The fourth-order valence-corrected chi connectivity index (χ4v) is 2.23. The van der Waals surface area contributed by atoms with E-state index >= 15 is 0 Å². The molecule has 0 amide bonds. The van der Waals surface area contributed by atoms with Crippen LogP contribution in [0.25, 0.3) is 11.2 Å². The summed E-state index contributed by atoms with van der Waals surface area (Å²) in [4.78, 5) is 9.19. The van der Waals surface area contributed by atoms with Crippen LogP contribution in [0.5, 0.6) is 0 Å². The van der Waals surface area contributed by atoms with E-state index < -0.39 is 0 Å². The molecule has 0 aromatic carbocycles. The van der Waals surface area contributed by atoms with E-state index in [1.807, 2.05) is 13.1 Å². The number of imidazole rings is 1. The van der Waals surface area contributed by atoms with E-state index in [-0.39, 0.29) is 6.61 Å². The van der Waals surface area contributed by atoms with Crippen molar-refractivity contribution < 1.29 is 5.11 Å². The van der Waals surface area contributed by atoms with Crippen molar-refractivity contribution in [1.29, 1.82) is 0 Å². The SMILES string of the molecule is Cc1cnc2c(c1)nc(C1CC1)n2CCCO. The summed E-state index contributed by atoms with van der Waals surface area (Å²) in [5.41, 5.74) is 3.10. The molecule has 1 saturated carbocycles. The summed E-state index contributed by atoms with van der Waals surface area (Å²) in [6, 6.07) is 2.09. The van der Waals surface area contributed by atoms with Crippen molar-refractivity contribution in [2.45, 2.75) is 38.6 Å². The lowest BCUT2D eigenvalue weighted by Crippen LogP contribution is -2.05. The standard InChI is InChI=1S/C13H17N3O/c1-9-7-11-13(14-8-9)16(5-2-6-17)12(15-11)10-3-4-10/h7-8,10,17H,2-6H2,1H3. The first-order valence-electron chi connectivity index (χ1n) is 6.23. The molecule has 3 rings (SSSR count). The lowest BCUT2D eigenvalue weighted by Gasteiger charge is -2.06. The molecular formula is C13H17N3O. The second-order valence-electron chi connectivity index (χ2n) is 4.83. The van der Waals surface area contributed by atoms with E-state index in [1.165, 1.54) is 12.8 Å². The van der Waals surface area contributed by atoms with Crippen molar-refractivity contribution in [3.63, 3.8) is 0 Å². The van der Waals surface area contributed by atoms with Crippen molar-refractivity contribution in [2.24, 2.45) is 0 Å². The van der Waals surface area contributed by atoms with E-state index in [4.69, 9.17) is 10.1 Å². The predicted molar refractivity (Wildman–Crippen MR) is 65.9 cm³/mol. The Morgan fingerprint density at radius 3 is 3.00 bits per heavy atom. The van der Waals surface area contributed by atoms with Gasteiger partial charge in [0.15, 0.2) is 5.65 Å². The van der Waals surface area contributed by atoms with Crippen molar-refractivity contribution in [1.82, 2.24) is 14.5 Å². The third-order valence-corrected chi connectivity index (χ3v) is 3.23. The van der Waals surface area contributed by atoms with Crippen LogP contribution in [-0.4, -0.2) is 26.2 Å². The number of aryl methyl sites for hydroxylation is 2. The van der Waals surface area contributed by atoms with E-state index in [1.54, 1.807) is 0 Å². The molecule has 0 aliphatic heterocycles. The van der Waals surface area contributed by atoms with Gasteiger partial charge in [-0.25, -0.2) is 9.97 Å². The lowest BCUT2D eigenvalue weighted by molar-refractivity contribution is 0.279. The molecule has 0 bridgehead atoms. The van der Waals surface area contributed by atoms with Crippen molar-refractivity contribution in [2.75, 3.05) is 6.61 Å². The average molecular weight is 231 g/mol. The second-order valence-corrected chi connectivity index (χ2v) is 4.83. The van der Waals surface area contributed by atoms with Crippen molar-refractivity contribution >= 4 is 11.2 Å². The fourth-order valence-electron chi connectivity index (χ4n) is 2.23. The molecule has 90 valence electrons. The first-order chi connectivity index (χ1) is 8.29. The predicted octanol–water partition coefficient (Wildman–Crippen LogP) is 2.00. The van der Waals surface area contributed by atoms with Gasteiger partial charge in [-0.15, -0.1) is 0 Å². The first-order valence-corrected chi connectivity index (χ1v) is 6.23. The third-order valence-electron chi connectivity index (χ3n) is 3.23. The zero-order valence-corrected chi connectivity index (χ0v) is 10.1. The largest absolute Gasteiger partial charge is 0.396 e. The highest BCUT2D eigenvalue weighted by atomic mass is 16.3. The van der Waals surface area contributed by atoms with Gasteiger partial charge in [-0.05, 0) is 37.8 Å². The molecule has 1 aliphatic rings. The van der Waals surface area contributed by atoms with Gasteiger partial charge in [0.2, 0.25) is 0 Å². The van der Waals surface area contributed by atoms with Gasteiger partial charge in [0, 0.05) is 25.3 Å². The number of aliphatic hydroxyl groups excluding tert-OH is 1. The molecule has 1 fully saturated rings. The smallest absolute Gasteiger partial charge is 0.160 e. The molecule has 1 N–H and O–H groups in total. The Bertz CT molecular complexity index is 543. The molecule has 2 heterocycles. The topological polar surface area (TPSA) is 50.9 Å². The highest BCUT2D eigenvalue weighted by Crippen LogP contribution is 2.40. The number of nitrogens with zero attached hydrogens (tertiary/aromatic N) is 3. The van der Waals surface area contributed by atoms with Crippen LogP contribution in [0.4, 0.5) is 0 Å². The number of fused-ring (bicyclic) bond motifs is 1. The van der Waals surface area contributed by atoms with Gasteiger partial charge in [0.1, 0.15) is 11.3 Å². The van der Waals surface area contributed by atoms with Gasteiger partial charge in [-0.3, -0.25) is 0 Å². The molecular weight excluding hydrogens is 214 g/mol. The number of hydrogen-bond acceptors (Lipinski definition) is 3. The average Bonchev–Trinajstić information content (AvgIpc) is 3.09. The Labute approximate surface area is 100 Å². The quantitative estimate of drug-likeness (QED) is 0.875. The van der Waals surface area contributed by atoms with Crippen molar-refractivity contribution in [3.8, 4) is 0 Å². The second kappa shape index (κ2) is 4.11. The minimum absolute atomic E-state index is 0.218. The van der Waals surface area contributed by atoms with Crippen LogP contribution < -0.4 is 0 Å². The summed E-state index contributed by atoms with van der Waals surface area (Å²) in [5.74, 6) is 1.77. The number of aromatic nitrogens is 3. The molecule has 0 saturated heterocycles. The molecule has 2 aromatic heterocycles. The molecule has 2 aromatic rings. The number of aliphatic hydroxyl groups is 1. The zero-order chi connectivity index (χ0) is 11.8. The number of hydrogen-bond donors (Lipinski definition) is 1. The molecule has 0 spiro atoms. The number of pyridine rings is 1. The van der Waals surface area contributed by atoms with E-state index in [2.05, 4.69) is 15.6 Å². The van der Waals surface area contributed by atoms with Crippen LogP contribution in [0.3, 0.4) is 0 Å². The van der Waals surface area contributed by atoms with E-state index in [0.29, 0.717) is 5.92 Å². The minimum Gasteiger partial charge on any atom is -0.396 e. The first kappa shape index (κ1) is 10.7. The van der Waals surface area contributed by atoms with Crippen LogP contribution in [0.1, 0.15) is 36.6 Å². The van der Waals surface area contributed by atoms with Crippen LogP contribution in [-0.2, 0) is 6.54 Å². The summed E-state index contributed by atoms with van der Waals surface area (Å²) < 4.78 is 2.18. The normalized spacial score (nSPS) is 15.6. The Hall–Kier alpha value is -1.42. The lowest BCUT2D eigenvalue weighted by atomic mass is 10.3. The van der Waals surface area contributed by atoms with Gasteiger partial charge in [0.25, 0.3) is 0 Å². The fraction of sp³-hybridized carbons (Fsp3) is 0.538.